The lowest BCUT2D eigenvalue weighted by atomic mass is 10.0. The van der Waals surface area contributed by atoms with Gasteiger partial charge >= 0.3 is 0 Å². The Morgan fingerprint density at radius 2 is 1.62 bits per heavy atom. The summed E-state index contributed by atoms with van der Waals surface area (Å²) in [6.07, 6.45) is 1.31. The Morgan fingerprint density at radius 1 is 0.925 bits per heavy atom. The molecule has 212 valence electrons. The lowest BCUT2D eigenvalue weighted by Crippen LogP contribution is -2.54. The van der Waals surface area contributed by atoms with Gasteiger partial charge in [0.05, 0.1) is 11.9 Å². The number of hydrogen-bond acceptors (Lipinski definition) is 6. The Bertz CT molecular complexity index is 1460. The third-order valence-electron chi connectivity index (χ3n) is 6.46. The van der Waals surface area contributed by atoms with Gasteiger partial charge in [0, 0.05) is 25.1 Å². The molecule has 0 fully saturated rings. The summed E-state index contributed by atoms with van der Waals surface area (Å²) < 4.78 is 37.7. The number of benzene rings is 3. The molecule has 3 aromatic carbocycles. The van der Waals surface area contributed by atoms with E-state index in [0.717, 1.165) is 27.3 Å². The molecule has 2 amide bonds. The molecule has 1 N–H and O–H groups in total. The summed E-state index contributed by atoms with van der Waals surface area (Å²) in [5.41, 5.74) is 2.98. The zero-order chi connectivity index (χ0) is 28.9. The van der Waals surface area contributed by atoms with E-state index in [1.54, 1.807) is 12.1 Å². The van der Waals surface area contributed by atoms with Crippen molar-refractivity contribution in [2.45, 2.75) is 45.8 Å². The summed E-state index contributed by atoms with van der Waals surface area (Å²) >= 11 is 0. The molecule has 1 atom stereocenters. The van der Waals surface area contributed by atoms with Crippen molar-refractivity contribution in [2.75, 3.05) is 23.9 Å². The Morgan fingerprint density at radius 3 is 2.30 bits per heavy atom. The van der Waals surface area contributed by atoms with Crippen LogP contribution in [0, 0.1) is 6.92 Å². The minimum Gasteiger partial charge on any atom is -0.454 e. The number of fused-ring (bicyclic) bond motifs is 1. The van der Waals surface area contributed by atoms with E-state index in [9.17, 15) is 18.0 Å². The third kappa shape index (κ3) is 7.32. The molecule has 1 heterocycles. The van der Waals surface area contributed by atoms with E-state index in [0.29, 0.717) is 11.5 Å². The smallest absolute Gasteiger partial charge is 0.244 e. The number of carbonyl (C=O) groups excluding carboxylic acids is 2. The van der Waals surface area contributed by atoms with Crippen LogP contribution in [0.4, 0.5) is 5.69 Å². The number of nitrogens with one attached hydrogen (secondary N) is 1. The Balaban J connectivity index is 1.73. The predicted molar refractivity (Wildman–Crippen MR) is 154 cm³/mol. The minimum atomic E-state index is -3.88. The Labute approximate surface area is 235 Å². The molecular weight excluding hydrogens is 530 g/mol. The molecule has 0 unspecified atom stereocenters. The minimum absolute atomic E-state index is 0.0347. The van der Waals surface area contributed by atoms with Crippen LogP contribution >= 0.6 is 0 Å². The summed E-state index contributed by atoms with van der Waals surface area (Å²) in [5, 5.41) is 2.94. The molecule has 4 rings (SSSR count). The molecule has 1 aliphatic heterocycles. The van der Waals surface area contributed by atoms with Crippen molar-refractivity contribution in [3.05, 3.63) is 89.5 Å². The number of carbonyl (C=O) groups is 2. The lowest BCUT2D eigenvalue weighted by molar-refractivity contribution is -0.140. The van der Waals surface area contributed by atoms with Crippen molar-refractivity contribution in [3.8, 4) is 11.5 Å². The van der Waals surface area contributed by atoms with Gasteiger partial charge in [-0.3, -0.25) is 13.9 Å². The molecule has 0 saturated carbocycles. The first kappa shape index (κ1) is 28.9. The van der Waals surface area contributed by atoms with E-state index in [1.807, 2.05) is 75.4 Å². The topological polar surface area (TPSA) is 105 Å². The van der Waals surface area contributed by atoms with Crippen molar-refractivity contribution in [1.29, 1.82) is 0 Å². The fourth-order valence-corrected chi connectivity index (χ4v) is 5.44. The van der Waals surface area contributed by atoms with E-state index in [2.05, 4.69) is 5.32 Å². The van der Waals surface area contributed by atoms with Crippen LogP contribution in [0.1, 0.15) is 30.5 Å². The van der Waals surface area contributed by atoms with Crippen molar-refractivity contribution in [3.63, 3.8) is 0 Å². The molecule has 9 nitrogen and oxygen atoms in total. The first-order chi connectivity index (χ1) is 19.0. The van der Waals surface area contributed by atoms with Gasteiger partial charge in [0.25, 0.3) is 0 Å². The second kappa shape index (κ2) is 12.4. The van der Waals surface area contributed by atoms with Crippen LogP contribution in [-0.2, 0) is 32.6 Å². The number of aryl methyl sites for hydroxylation is 1. The first-order valence-electron chi connectivity index (χ1n) is 13.1. The largest absolute Gasteiger partial charge is 0.454 e. The highest BCUT2D eigenvalue weighted by molar-refractivity contribution is 7.92. The van der Waals surface area contributed by atoms with E-state index in [4.69, 9.17) is 9.47 Å². The van der Waals surface area contributed by atoms with Gasteiger partial charge in [0.15, 0.2) is 11.5 Å². The van der Waals surface area contributed by atoms with Gasteiger partial charge in [0.2, 0.25) is 28.6 Å². The van der Waals surface area contributed by atoms with Crippen LogP contribution in [0.15, 0.2) is 72.8 Å². The van der Waals surface area contributed by atoms with Crippen LogP contribution < -0.4 is 19.1 Å². The molecule has 0 radical (unpaired) electrons. The van der Waals surface area contributed by atoms with Gasteiger partial charge in [-0.05, 0) is 44.0 Å². The average Bonchev–Trinajstić information content (AvgIpc) is 3.36. The van der Waals surface area contributed by atoms with Crippen LogP contribution in [0.2, 0.25) is 0 Å². The number of sulfonamides is 1. The molecule has 0 aromatic heterocycles. The first-order valence-corrected chi connectivity index (χ1v) is 14.9. The van der Waals surface area contributed by atoms with Gasteiger partial charge in [-0.15, -0.1) is 0 Å². The summed E-state index contributed by atoms with van der Waals surface area (Å²) in [4.78, 5) is 29.2. The van der Waals surface area contributed by atoms with E-state index in [1.165, 1.54) is 11.0 Å². The van der Waals surface area contributed by atoms with Crippen LogP contribution in [0.5, 0.6) is 11.5 Å². The van der Waals surface area contributed by atoms with Gasteiger partial charge in [-0.1, -0.05) is 60.2 Å². The summed E-state index contributed by atoms with van der Waals surface area (Å²) in [5.74, 6) is 0.0737. The van der Waals surface area contributed by atoms with Crippen LogP contribution in [-0.4, -0.2) is 56.8 Å². The van der Waals surface area contributed by atoms with Gasteiger partial charge < -0.3 is 19.7 Å². The zero-order valence-corrected chi connectivity index (χ0v) is 24.0. The number of nitrogens with zero attached hydrogens (tertiary/aromatic N) is 2. The second-order valence-corrected chi connectivity index (χ2v) is 12.1. The highest BCUT2D eigenvalue weighted by Crippen LogP contribution is 2.36. The fraction of sp³-hybridized carbons (Fsp3) is 0.333. The van der Waals surface area contributed by atoms with Crippen molar-refractivity contribution in [2.24, 2.45) is 0 Å². The summed E-state index contributed by atoms with van der Waals surface area (Å²) in [7, 11) is -3.88. The maximum Gasteiger partial charge on any atom is 0.244 e. The van der Waals surface area contributed by atoms with Gasteiger partial charge in [0.1, 0.15) is 12.6 Å². The number of rotatable bonds is 11. The standard InChI is InChI=1S/C30H35N3O6S/c1-21(2)31-30(35)26(16-23-10-6-5-7-11-23)32(18-24-12-8-9-22(3)15-24)29(34)19-33(40(4,36)37)25-13-14-27-28(17-25)39-20-38-27/h5-15,17,21,26H,16,18-20H2,1-4H3,(H,31,35)/t26-/m0/s1. The fourth-order valence-electron chi connectivity index (χ4n) is 4.60. The third-order valence-corrected chi connectivity index (χ3v) is 7.60. The number of amides is 2. The maximum atomic E-state index is 14.1. The molecular formula is C30H35N3O6S. The molecule has 0 saturated heterocycles. The van der Waals surface area contributed by atoms with Crippen LogP contribution in [0.25, 0.3) is 0 Å². The molecule has 3 aromatic rings. The average molecular weight is 566 g/mol. The van der Waals surface area contributed by atoms with E-state index >= 15 is 0 Å². The van der Waals surface area contributed by atoms with Crippen molar-refractivity contribution >= 4 is 27.5 Å². The SMILES string of the molecule is Cc1cccc(CN(C(=O)CN(c2ccc3c(c2)OCO3)S(C)(=O)=O)[C@@H](Cc2ccccc2)C(=O)NC(C)C)c1. The normalized spacial score (nSPS) is 13.1. The van der Waals surface area contributed by atoms with Crippen molar-refractivity contribution < 1.29 is 27.5 Å². The molecule has 40 heavy (non-hydrogen) atoms. The zero-order valence-electron chi connectivity index (χ0n) is 23.2. The van der Waals surface area contributed by atoms with E-state index < -0.39 is 28.5 Å². The molecule has 0 aliphatic carbocycles. The Hall–Kier alpha value is -4.05. The highest BCUT2D eigenvalue weighted by atomic mass is 32.2. The Kier molecular flexibility index (Phi) is 8.99. The monoisotopic (exact) mass is 565 g/mol. The quantitative estimate of drug-likeness (QED) is 0.381. The number of hydrogen-bond donors (Lipinski definition) is 1. The highest BCUT2D eigenvalue weighted by Gasteiger charge is 2.33. The lowest BCUT2D eigenvalue weighted by Gasteiger charge is -2.34. The summed E-state index contributed by atoms with van der Waals surface area (Å²) in [6.45, 7) is 5.33. The van der Waals surface area contributed by atoms with E-state index in [-0.39, 0.29) is 37.4 Å². The van der Waals surface area contributed by atoms with Gasteiger partial charge in [-0.25, -0.2) is 8.42 Å². The molecule has 10 heteroatoms. The maximum absolute atomic E-state index is 14.1. The molecule has 0 spiro atoms. The molecule has 1 aliphatic rings. The second-order valence-electron chi connectivity index (χ2n) is 10.2. The van der Waals surface area contributed by atoms with Crippen LogP contribution in [0.3, 0.4) is 0 Å². The predicted octanol–water partition coefficient (Wildman–Crippen LogP) is 3.65. The summed E-state index contributed by atoms with van der Waals surface area (Å²) in [6, 6.07) is 20.8. The van der Waals surface area contributed by atoms with Crippen molar-refractivity contribution in [1.82, 2.24) is 10.2 Å². The number of ether oxygens (including phenoxy) is 2. The number of anilines is 1. The molecule has 0 bridgehead atoms. The van der Waals surface area contributed by atoms with Gasteiger partial charge in [-0.2, -0.15) is 0 Å².